The van der Waals surface area contributed by atoms with Crippen LogP contribution >= 0.6 is 0 Å². The predicted molar refractivity (Wildman–Crippen MR) is 110 cm³/mol. The number of ether oxygens (including phenoxy) is 1. The number of aromatic nitrogens is 1. The van der Waals surface area contributed by atoms with Crippen molar-refractivity contribution >= 4 is 17.4 Å². The van der Waals surface area contributed by atoms with Crippen molar-refractivity contribution in [3.05, 3.63) is 58.4 Å². The minimum absolute atomic E-state index is 0.00539. The van der Waals surface area contributed by atoms with E-state index in [1.807, 2.05) is 29.9 Å². The Morgan fingerprint density at radius 3 is 2.59 bits per heavy atom. The third-order valence-electron chi connectivity index (χ3n) is 5.03. The number of urea groups is 1. The van der Waals surface area contributed by atoms with E-state index in [4.69, 9.17) is 4.74 Å². The molecule has 0 spiro atoms. The first-order valence-electron chi connectivity index (χ1n) is 9.73. The van der Waals surface area contributed by atoms with Gasteiger partial charge in [0.05, 0.1) is 24.7 Å². The quantitative estimate of drug-likeness (QED) is 0.542. The minimum Gasteiger partial charge on any atom is -0.379 e. The Hall–Kier alpha value is -2.91. The summed E-state index contributed by atoms with van der Waals surface area (Å²) < 4.78 is 7.37. The molecule has 0 saturated carbocycles. The van der Waals surface area contributed by atoms with Gasteiger partial charge in [-0.3, -0.25) is 15.0 Å². The summed E-state index contributed by atoms with van der Waals surface area (Å²) in [4.78, 5) is 27.3. The molecule has 1 saturated heterocycles. The number of aryl methyl sites for hydroxylation is 1. The van der Waals surface area contributed by atoms with E-state index in [2.05, 4.69) is 10.2 Å². The second-order valence-electron chi connectivity index (χ2n) is 7.07. The van der Waals surface area contributed by atoms with Crippen molar-refractivity contribution in [1.82, 2.24) is 14.4 Å². The topological polar surface area (TPSA) is 92.9 Å². The zero-order valence-corrected chi connectivity index (χ0v) is 16.6. The lowest BCUT2D eigenvalue weighted by molar-refractivity contribution is -0.384. The van der Waals surface area contributed by atoms with Crippen molar-refractivity contribution in [2.24, 2.45) is 7.05 Å². The van der Waals surface area contributed by atoms with Crippen LogP contribution in [0.25, 0.3) is 0 Å². The molecule has 0 atom stereocenters. The Balaban J connectivity index is 1.61. The molecule has 9 nitrogen and oxygen atoms in total. The normalized spacial score (nSPS) is 14.5. The molecular weight excluding hydrogens is 374 g/mol. The summed E-state index contributed by atoms with van der Waals surface area (Å²) in [5.74, 6) is 0. The lowest BCUT2D eigenvalue weighted by Gasteiger charge is -2.28. The van der Waals surface area contributed by atoms with Gasteiger partial charge in [-0.1, -0.05) is 0 Å². The molecule has 0 aliphatic carbocycles. The first-order valence-corrected chi connectivity index (χ1v) is 9.73. The largest absolute Gasteiger partial charge is 0.379 e. The molecule has 1 aromatic carbocycles. The molecule has 2 aromatic rings. The molecule has 1 aliphatic heterocycles. The standard InChI is InChI=1S/C20H27N5O4/c1-22-9-2-4-19(22)16-24(11-3-10-23-12-14-29-15-13-23)20(26)21-17-5-7-18(8-6-17)25(27)28/h2,4-9H,3,10-16H2,1H3,(H,21,26). The predicted octanol–water partition coefficient (Wildman–Crippen LogP) is 2.69. The molecule has 1 fully saturated rings. The molecule has 1 N–H and O–H groups in total. The number of amides is 2. The van der Waals surface area contributed by atoms with E-state index < -0.39 is 4.92 Å². The smallest absolute Gasteiger partial charge is 0.322 e. The van der Waals surface area contributed by atoms with Crippen molar-refractivity contribution in [2.45, 2.75) is 13.0 Å². The van der Waals surface area contributed by atoms with Crippen LogP contribution in [0.5, 0.6) is 0 Å². The molecule has 1 aromatic heterocycles. The molecule has 0 unspecified atom stereocenters. The van der Waals surface area contributed by atoms with Crippen molar-refractivity contribution in [3.63, 3.8) is 0 Å². The number of carbonyl (C=O) groups excluding carboxylic acids is 1. The van der Waals surface area contributed by atoms with Crippen molar-refractivity contribution < 1.29 is 14.5 Å². The Morgan fingerprint density at radius 1 is 1.24 bits per heavy atom. The molecular formula is C20H27N5O4. The van der Waals surface area contributed by atoms with Gasteiger partial charge in [-0.2, -0.15) is 0 Å². The molecule has 3 rings (SSSR count). The van der Waals surface area contributed by atoms with E-state index in [1.165, 1.54) is 12.1 Å². The van der Waals surface area contributed by atoms with Crippen LogP contribution in [0.3, 0.4) is 0 Å². The fraction of sp³-hybridized carbons (Fsp3) is 0.450. The highest BCUT2D eigenvalue weighted by molar-refractivity contribution is 5.89. The summed E-state index contributed by atoms with van der Waals surface area (Å²) in [5, 5.41) is 13.6. The maximum Gasteiger partial charge on any atom is 0.322 e. The number of non-ortho nitro benzene ring substituents is 1. The van der Waals surface area contributed by atoms with Gasteiger partial charge in [0, 0.05) is 62.9 Å². The molecule has 1 aliphatic rings. The zero-order valence-electron chi connectivity index (χ0n) is 16.6. The van der Waals surface area contributed by atoms with E-state index in [1.54, 1.807) is 17.0 Å². The number of nitro groups is 1. The number of benzene rings is 1. The molecule has 29 heavy (non-hydrogen) atoms. The second-order valence-corrected chi connectivity index (χ2v) is 7.07. The lowest BCUT2D eigenvalue weighted by Crippen LogP contribution is -2.40. The van der Waals surface area contributed by atoms with Crippen LogP contribution in [0.15, 0.2) is 42.6 Å². The van der Waals surface area contributed by atoms with Crippen LogP contribution < -0.4 is 5.32 Å². The third kappa shape index (κ3) is 6.03. The SMILES string of the molecule is Cn1cccc1CN(CCCN1CCOCC1)C(=O)Nc1ccc([N+](=O)[O-])cc1. The van der Waals surface area contributed by atoms with Crippen molar-refractivity contribution in [2.75, 3.05) is 44.7 Å². The second kappa shape index (κ2) is 10.0. The highest BCUT2D eigenvalue weighted by atomic mass is 16.6. The van der Waals surface area contributed by atoms with Crippen LogP contribution in [0, 0.1) is 10.1 Å². The number of nitrogens with zero attached hydrogens (tertiary/aromatic N) is 4. The molecule has 0 bridgehead atoms. The molecule has 2 amide bonds. The van der Waals surface area contributed by atoms with E-state index >= 15 is 0 Å². The number of hydrogen-bond donors (Lipinski definition) is 1. The average molecular weight is 401 g/mol. The van der Waals surface area contributed by atoms with Gasteiger partial charge in [0.15, 0.2) is 0 Å². The maximum absolute atomic E-state index is 12.9. The summed E-state index contributed by atoms with van der Waals surface area (Å²) >= 11 is 0. The van der Waals surface area contributed by atoms with Gasteiger partial charge in [-0.05, 0) is 30.7 Å². The van der Waals surface area contributed by atoms with Crippen LogP contribution in [0.1, 0.15) is 12.1 Å². The highest BCUT2D eigenvalue weighted by Gasteiger charge is 2.17. The van der Waals surface area contributed by atoms with Gasteiger partial charge in [-0.15, -0.1) is 0 Å². The summed E-state index contributed by atoms with van der Waals surface area (Å²) in [5.41, 5.74) is 1.56. The van der Waals surface area contributed by atoms with Crippen LogP contribution in [0.4, 0.5) is 16.2 Å². The Kier molecular flexibility index (Phi) is 7.20. The number of nitro benzene ring substituents is 1. The van der Waals surface area contributed by atoms with E-state index in [-0.39, 0.29) is 11.7 Å². The number of rotatable bonds is 8. The Morgan fingerprint density at radius 2 is 1.97 bits per heavy atom. The van der Waals surface area contributed by atoms with Gasteiger partial charge >= 0.3 is 6.03 Å². The van der Waals surface area contributed by atoms with Crippen molar-refractivity contribution in [1.29, 1.82) is 0 Å². The number of anilines is 1. The lowest BCUT2D eigenvalue weighted by atomic mass is 10.3. The monoisotopic (exact) mass is 401 g/mol. The fourth-order valence-electron chi connectivity index (χ4n) is 3.29. The molecule has 2 heterocycles. The average Bonchev–Trinajstić information content (AvgIpc) is 3.13. The van der Waals surface area contributed by atoms with E-state index in [0.717, 1.165) is 45.0 Å². The van der Waals surface area contributed by atoms with E-state index in [0.29, 0.717) is 18.8 Å². The van der Waals surface area contributed by atoms with Gasteiger partial charge in [-0.25, -0.2) is 4.79 Å². The van der Waals surface area contributed by atoms with Crippen LogP contribution in [-0.2, 0) is 18.3 Å². The maximum atomic E-state index is 12.9. The molecule has 9 heteroatoms. The Labute approximate surface area is 170 Å². The molecule has 0 radical (unpaired) electrons. The number of nitrogens with one attached hydrogen (secondary N) is 1. The van der Waals surface area contributed by atoms with Gasteiger partial charge in [0.1, 0.15) is 0 Å². The van der Waals surface area contributed by atoms with Gasteiger partial charge in [0.25, 0.3) is 5.69 Å². The highest BCUT2D eigenvalue weighted by Crippen LogP contribution is 2.16. The number of morpholine rings is 1. The Bertz CT molecular complexity index is 815. The van der Waals surface area contributed by atoms with Crippen molar-refractivity contribution in [3.8, 4) is 0 Å². The summed E-state index contributed by atoms with van der Waals surface area (Å²) in [6, 6.07) is 9.59. The zero-order chi connectivity index (χ0) is 20.6. The number of hydrogen-bond acceptors (Lipinski definition) is 5. The number of carbonyl (C=O) groups is 1. The third-order valence-corrected chi connectivity index (χ3v) is 5.03. The summed E-state index contributed by atoms with van der Waals surface area (Å²) in [7, 11) is 1.95. The fourth-order valence-corrected chi connectivity index (χ4v) is 3.29. The van der Waals surface area contributed by atoms with Gasteiger partial charge < -0.3 is 19.5 Å². The van der Waals surface area contributed by atoms with Crippen LogP contribution in [0.2, 0.25) is 0 Å². The minimum atomic E-state index is -0.459. The van der Waals surface area contributed by atoms with E-state index in [9.17, 15) is 14.9 Å². The summed E-state index contributed by atoms with van der Waals surface area (Å²) in [6.45, 7) is 5.38. The van der Waals surface area contributed by atoms with Gasteiger partial charge in [0.2, 0.25) is 0 Å². The first kappa shape index (κ1) is 20.8. The molecule has 156 valence electrons. The first-order chi connectivity index (χ1) is 14.0. The van der Waals surface area contributed by atoms with Crippen LogP contribution in [-0.4, -0.2) is 64.7 Å². The summed E-state index contributed by atoms with van der Waals surface area (Å²) in [6.07, 6.45) is 2.81.